The zero-order valence-electron chi connectivity index (χ0n) is 17.2. The Kier molecular flexibility index (Phi) is 11.9. The molecule has 0 radical (unpaired) electrons. The third-order valence-corrected chi connectivity index (χ3v) is 3.90. The van der Waals surface area contributed by atoms with Crippen LogP contribution in [0.1, 0.15) is 66.7 Å². The summed E-state index contributed by atoms with van der Waals surface area (Å²) in [5, 5.41) is 8.49. The van der Waals surface area contributed by atoms with Crippen molar-refractivity contribution in [2.45, 2.75) is 78.4 Å². The largest absolute Gasteiger partial charge is 0.444 e. The summed E-state index contributed by atoms with van der Waals surface area (Å²) in [7, 11) is 1.59. The lowest BCUT2D eigenvalue weighted by atomic mass is 9.93. The van der Waals surface area contributed by atoms with Gasteiger partial charge in [0.2, 0.25) is 5.91 Å². The first-order valence-electron chi connectivity index (χ1n) is 9.55. The molecule has 0 aliphatic heterocycles. The van der Waals surface area contributed by atoms with E-state index in [1.165, 1.54) is 0 Å². The number of carbonyl (C=O) groups excluding carboxylic acids is 3. The van der Waals surface area contributed by atoms with E-state index in [0.717, 1.165) is 25.8 Å². The van der Waals surface area contributed by atoms with Crippen LogP contribution in [0.25, 0.3) is 0 Å². The molecule has 0 saturated carbocycles. The lowest BCUT2D eigenvalue weighted by Gasteiger charge is -2.20. The van der Waals surface area contributed by atoms with Crippen molar-refractivity contribution < 1.29 is 19.1 Å². The lowest BCUT2D eigenvalue weighted by molar-refractivity contribution is -0.130. The number of carbonyl (C=O) groups is 3. The standard InChI is InChI=1S/C19H37N3O4/c1-7-11-21-14(2)16(23)13-15(17(24)20-6)10-8-9-12-22-18(25)26-19(3,4)5/h14-15,21H,7-13H2,1-6H3,(H,20,24)(H,22,25)/t14-,15-/m0/s1. The van der Waals surface area contributed by atoms with Gasteiger partial charge in [0.25, 0.3) is 0 Å². The molecule has 0 rings (SSSR count). The summed E-state index contributed by atoms with van der Waals surface area (Å²) >= 11 is 0. The van der Waals surface area contributed by atoms with Crippen molar-refractivity contribution in [1.29, 1.82) is 0 Å². The van der Waals surface area contributed by atoms with Gasteiger partial charge in [-0.15, -0.1) is 0 Å². The summed E-state index contributed by atoms with van der Waals surface area (Å²) in [6.45, 7) is 10.6. The monoisotopic (exact) mass is 371 g/mol. The molecule has 26 heavy (non-hydrogen) atoms. The number of alkyl carbamates (subject to hydrolysis) is 1. The van der Waals surface area contributed by atoms with E-state index in [2.05, 4.69) is 16.0 Å². The van der Waals surface area contributed by atoms with Gasteiger partial charge in [-0.2, -0.15) is 0 Å². The maximum Gasteiger partial charge on any atom is 0.407 e. The predicted octanol–water partition coefficient (Wildman–Crippen LogP) is 2.39. The fourth-order valence-corrected chi connectivity index (χ4v) is 2.44. The quantitative estimate of drug-likeness (QED) is 0.458. The molecule has 0 aromatic rings. The molecule has 0 spiro atoms. The predicted molar refractivity (Wildman–Crippen MR) is 103 cm³/mol. The molecule has 0 bridgehead atoms. The number of amides is 2. The Morgan fingerprint density at radius 1 is 1.08 bits per heavy atom. The summed E-state index contributed by atoms with van der Waals surface area (Å²) < 4.78 is 5.17. The molecule has 0 saturated heterocycles. The molecule has 0 aromatic heterocycles. The zero-order chi connectivity index (χ0) is 20.2. The highest BCUT2D eigenvalue weighted by molar-refractivity contribution is 5.89. The minimum Gasteiger partial charge on any atom is -0.444 e. The van der Waals surface area contributed by atoms with Gasteiger partial charge in [0.15, 0.2) is 0 Å². The Hall–Kier alpha value is -1.63. The van der Waals surface area contributed by atoms with Gasteiger partial charge < -0.3 is 20.7 Å². The molecule has 152 valence electrons. The summed E-state index contributed by atoms with van der Waals surface area (Å²) in [6, 6.07) is -0.240. The van der Waals surface area contributed by atoms with Crippen LogP contribution in [-0.2, 0) is 14.3 Å². The normalized spacial score (nSPS) is 13.6. The third kappa shape index (κ3) is 11.8. The van der Waals surface area contributed by atoms with Crippen LogP contribution >= 0.6 is 0 Å². The van der Waals surface area contributed by atoms with Gasteiger partial charge in [-0.25, -0.2) is 4.79 Å². The van der Waals surface area contributed by atoms with E-state index in [1.54, 1.807) is 7.05 Å². The average Bonchev–Trinajstić information content (AvgIpc) is 2.55. The second-order valence-electron chi connectivity index (χ2n) is 7.58. The van der Waals surface area contributed by atoms with Crippen molar-refractivity contribution in [2.24, 2.45) is 5.92 Å². The summed E-state index contributed by atoms with van der Waals surface area (Å²) in [6.07, 6.45) is 2.84. The van der Waals surface area contributed by atoms with Crippen molar-refractivity contribution in [3.05, 3.63) is 0 Å². The smallest absolute Gasteiger partial charge is 0.407 e. The van der Waals surface area contributed by atoms with E-state index in [9.17, 15) is 14.4 Å². The Labute approximate surface area is 158 Å². The number of hydrogen-bond donors (Lipinski definition) is 3. The van der Waals surface area contributed by atoms with Crippen LogP contribution in [0, 0.1) is 5.92 Å². The molecule has 0 aromatic carbocycles. The van der Waals surface area contributed by atoms with Gasteiger partial charge in [0, 0.05) is 25.9 Å². The highest BCUT2D eigenvalue weighted by atomic mass is 16.6. The second kappa shape index (κ2) is 12.7. The minimum absolute atomic E-state index is 0.0546. The topological polar surface area (TPSA) is 96.5 Å². The van der Waals surface area contributed by atoms with Crippen molar-refractivity contribution in [1.82, 2.24) is 16.0 Å². The Morgan fingerprint density at radius 3 is 2.27 bits per heavy atom. The summed E-state index contributed by atoms with van der Waals surface area (Å²) in [5.41, 5.74) is -0.517. The molecule has 2 atom stereocenters. The molecule has 0 fully saturated rings. The van der Waals surface area contributed by atoms with Crippen LogP contribution in [-0.4, -0.2) is 49.6 Å². The highest BCUT2D eigenvalue weighted by Gasteiger charge is 2.23. The summed E-state index contributed by atoms with van der Waals surface area (Å²) in [4.78, 5) is 35.9. The molecule has 0 unspecified atom stereocenters. The van der Waals surface area contributed by atoms with Crippen LogP contribution in [0.15, 0.2) is 0 Å². The fourth-order valence-electron chi connectivity index (χ4n) is 2.44. The Balaban J connectivity index is 4.25. The van der Waals surface area contributed by atoms with Crippen LogP contribution in [0.4, 0.5) is 4.79 Å². The molecular formula is C19H37N3O4. The molecule has 3 N–H and O–H groups in total. The Morgan fingerprint density at radius 2 is 1.73 bits per heavy atom. The van der Waals surface area contributed by atoms with E-state index in [4.69, 9.17) is 4.74 Å². The van der Waals surface area contributed by atoms with Crippen molar-refractivity contribution in [3.8, 4) is 0 Å². The molecule has 7 nitrogen and oxygen atoms in total. The van der Waals surface area contributed by atoms with Gasteiger partial charge >= 0.3 is 6.09 Å². The number of Topliss-reactive ketones (excluding diaryl/α,β-unsaturated/α-hetero) is 1. The van der Waals surface area contributed by atoms with Crippen molar-refractivity contribution >= 4 is 17.8 Å². The molecular weight excluding hydrogens is 334 g/mol. The fraction of sp³-hybridized carbons (Fsp3) is 0.842. The average molecular weight is 372 g/mol. The molecule has 7 heteroatoms. The van der Waals surface area contributed by atoms with Crippen LogP contribution < -0.4 is 16.0 Å². The molecule has 0 aliphatic carbocycles. The van der Waals surface area contributed by atoms with E-state index in [1.807, 2.05) is 34.6 Å². The lowest BCUT2D eigenvalue weighted by Crippen LogP contribution is -2.38. The van der Waals surface area contributed by atoms with E-state index >= 15 is 0 Å². The molecule has 0 aliphatic rings. The number of ether oxygens (including phenoxy) is 1. The van der Waals surface area contributed by atoms with Crippen molar-refractivity contribution in [2.75, 3.05) is 20.1 Å². The van der Waals surface area contributed by atoms with Crippen molar-refractivity contribution in [3.63, 3.8) is 0 Å². The third-order valence-electron chi connectivity index (χ3n) is 3.90. The first kappa shape index (κ1) is 24.4. The maximum atomic E-state index is 12.3. The van der Waals surface area contributed by atoms with Gasteiger partial charge in [0.1, 0.15) is 11.4 Å². The zero-order valence-corrected chi connectivity index (χ0v) is 17.2. The summed E-state index contributed by atoms with van der Waals surface area (Å²) in [5.74, 6) is -0.389. The van der Waals surface area contributed by atoms with Crippen LogP contribution in [0.5, 0.6) is 0 Å². The SMILES string of the molecule is CCCN[C@@H](C)C(=O)C[C@H](CCCCNC(=O)OC(C)(C)C)C(=O)NC. The van der Waals surface area contributed by atoms with Gasteiger partial charge in [-0.05, 0) is 53.5 Å². The van der Waals surface area contributed by atoms with Gasteiger partial charge in [-0.3, -0.25) is 9.59 Å². The maximum absolute atomic E-state index is 12.3. The van der Waals surface area contributed by atoms with E-state index in [-0.39, 0.29) is 30.1 Å². The van der Waals surface area contributed by atoms with E-state index < -0.39 is 11.7 Å². The number of hydrogen-bond acceptors (Lipinski definition) is 5. The molecule has 0 heterocycles. The first-order valence-corrected chi connectivity index (χ1v) is 9.55. The molecule has 2 amide bonds. The van der Waals surface area contributed by atoms with E-state index in [0.29, 0.717) is 13.0 Å². The highest BCUT2D eigenvalue weighted by Crippen LogP contribution is 2.15. The van der Waals surface area contributed by atoms with Crippen LogP contribution in [0.3, 0.4) is 0 Å². The Bertz CT molecular complexity index is 447. The number of nitrogens with one attached hydrogen (secondary N) is 3. The second-order valence-corrected chi connectivity index (χ2v) is 7.58. The van der Waals surface area contributed by atoms with Gasteiger partial charge in [-0.1, -0.05) is 13.3 Å². The number of ketones is 1. The van der Waals surface area contributed by atoms with Crippen LogP contribution in [0.2, 0.25) is 0 Å². The van der Waals surface area contributed by atoms with Gasteiger partial charge in [0.05, 0.1) is 6.04 Å². The first-order chi connectivity index (χ1) is 12.1. The number of unbranched alkanes of at least 4 members (excludes halogenated alkanes) is 1. The number of rotatable bonds is 12. The minimum atomic E-state index is -0.517.